The van der Waals surface area contributed by atoms with Gasteiger partial charge in [-0.2, -0.15) is 0 Å². The fourth-order valence-electron chi connectivity index (χ4n) is 4.29. The third-order valence-electron chi connectivity index (χ3n) is 6.48. The van der Waals surface area contributed by atoms with E-state index in [1.165, 1.54) is 6.07 Å². The van der Waals surface area contributed by atoms with Crippen molar-refractivity contribution in [3.05, 3.63) is 24.0 Å². The fraction of sp³-hybridized carbons (Fsp3) is 0.714. The molecule has 2 rings (SSSR count). The molecule has 0 aromatic heterocycles. The summed E-state index contributed by atoms with van der Waals surface area (Å²) in [4.78, 5) is 0. The molecule has 0 amide bonds. The van der Waals surface area contributed by atoms with Gasteiger partial charge >= 0.3 is 7.12 Å². The van der Waals surface area contributed by atoms with Gasteiger partial charge in [0.1, 0.15) is 11.6 Å². The van der Waals surface area contributed by atoms with E-state index in [1.807, 2.05) is 33.8 Å². The summed E-state index contributed by atoms with van der Waals surface area (Å²) in [6.45, 7) is 21.2. The summed E-state index contributed by atoms with van der Waals surface area (Å²) in [6.07, 6.45) is 0. The molecule has 0 spiro atoms. The molecule has 0 N–H and O–H groups in total. The lowest BCUT2D eigenvalue weighted by molar-refractivity contribution is 0.00578. The molecule has 6 heteroatoms. The monoisotopic (exact) mass is 394 g/mol. The van der Waals surface area contributed by atoms with Crippen LogP contribution in [-0.4, -0.2) is 26.6 Å². The minimum absolute atomic E-state index is 0.342. The molecular weight excluding hydrogens is 358 g/mol. The number of benzene rings is 1. The van der Waals surface area contributed by atoms with Crippen molar-refractivity contribution in [1.82, 2.24) is 0 Å². The highest BCUT2D eigenvalue weighted by Crippen LogP contribution is 2.43. The summed E-state index contributed by atoms with van der Waals surface area (Å²) < 4.78 is 33.5. The van der Waals surface area contributed by atoms with Gasteiger partial charge in [-0.3, -0.25) is 0 Å². The predicted octanol–water partition coefficient (Wildman–Crippen LogP) is 5.68. The van der Waals surface area contributed by atoms with E-state index in [0.717, 1.165) is 0 Å². The lowest BCUT2D eigenvalue weighted by Gasteiger charge is -2.42. The van der Waals surface area contributed by atoms with Crippen LogP contribution in [0, 0.1) is 5.82 Å². The molecule has 27 heavy (non-hydrogen) atoms. The topological polar surface area (TPSA) is 27.7 Å². The molecule has 0 atom stereocenters. The highest BCUT2D eigenvalue weighted by atomic mass is 28.4. The van der Waals surface area contributed by atoms with Crippen LogP contribution in [0.25, 0.3) is 0 Å². The molecule has 3 nitrogen and oxygen atoms in total. The maximum atomic E-state index is 15.0. The van der Waals surface area contributed by atoms with Crippen molar-refractivity contribution in [2.45, 2.75) is 97.1 Å². The van der Waals surface area contributed by atoms with E-state index in [2.05, 4.69) is 41.5 Å². The van der Waals surface area contributed by atoms with Gasteiger partial charge in [0, 0.05) is 11.5 Å². The molecule has 152 valence electrons. The average Bonchev–Trinajstić information content (AvgIpc) is 2.71. The molecule has 1 aromatic carbocycles. The molecule has 0 aliphatic carbocycles. The molecule has 0 saturated carbocycles. The van der Waals surface area contributed by atoms with Gasteiger partial charge in [0.05, 0.1) is 11.2 Å². The van der Waals surface area contributed by atoms with Gasteiger partial charge in [-0.25, -0.2) is 4.39 Å². The van der Waals surface area contributed by atoms with Crippen molar-refractivity contribution in [3.8, 4) is 5.75 Å². The maximum absolute atomic E-state index is 15.0. The van der Waals surface area contributed by atoms with Crippen molar-refractivity contribution in [3.63, 3.8) is 0 Å². The van der Waals surface area contributed by atoms with Gasteiger partial charge in [0.25, 0.3) is 8.32 Å². The Balaban J connectivity index is 2.32. The van der Waals surface area contributed by atoms with Gasteiger partial charge in [-0.15, -0.1) is 0 Å². The Morgan fingerprint density at radius 3 is 1.70 bits per heavy atom. The molecule has 1 aliphatic heterocycles. The van der Waals surface area contributed by atoms with Crippen LogP contribution in [-0.2, 0) is 9.31 Å². The summed E-state index contributed by atoms with van der Waals surface area (Å²) >= 11 is 0. The number of rotatable bonds is 6. The largest absolute Gasteiger partial charge is 0.543 e. The summed E-state index contributed by atoms with van der Waals surface area (Å²) in [6, 6.07) is 5.10. The molecule has 1 aliphatic rings. The molecule has 1 aromatic rings. The minimum Gasteiger partial charge on any atom is -0.543 e. The zero-order valence-corrected chi connectivity index (χ0v) is 19.6. The van der Waals surface area contributed by atoms with Gasteiger partial charge in [-0.05, 0) is 50.4 Å². The van der Waals surface area contributed by atoms with Gasteiger partial charge in [-0.1, -0.05) is 47.6 Å². The second-order valence-corrected chi connectivity index (χ2v) is 15.1. The molecule has 1 fully saturated rings. The highest BCUT2D eigenvalue weighted by Gasteiger charge is 2.52. The first-order valence-corrected chi connectivity index (χ1v) is 12.2. The zero-order valence-electron chi connectivity index (χ0n) is 18.6. The predicted molar refractivity (Wildman–Crippen MR) is 114 cm³/mol. The van der Waals surface area contributed by atoms with Gasteiger partial charge in [0.2, 0.25) is 0 Å². The van der Waals surface area contributed by atoms with Gasteiger partial charge in [0.15, 0.2) is 0 Å². The van der Waals surface area contributed by atoms with Crippen molar-refractivity contribution in [2.75, 3.05) is 0 Å². The lowest BCUT2D eigenvalue weighted by Crippen LogP contribution is -2.50. The molecule has 0 bridgehead atoms. The van der Waals surface area contributed by atoms with Crippen LogP contribution in [0.2, 0.25) is 16.6 Å². The van der Waals surface area contributed by atoms with Crippen molar-refractivity contribution < 1.29 is 18.1 Å². The SMILES string of the molecule is CC(C)[Si](Oc1ccc(B2OC(C)(C)C(C)(C)O2)c(F)c1)(C(C)C)C(C)C. The van der Waals surface area contributed by atoms with Crippen LogP contribution in [0.4, 0.5) is 4.39 Å². The summed E-state index contributed by atoms with van der Waals surface area (Å²) in [7, 11) is -2.82. The second-order valence-electron chi connectivity index (χ2n) is 9.69. The van der Waals surface area contributed by atoms with Crippen LogP contribution in [0.5, 0.6) is 5.75 Å². The summed E-state index contributed by atoms with van der Waals surface area (Å²) in [5.74, 6) is 0.265. The first kappa shape index (κ1) is 22.4. The molecule has 0 unspecified atom stereocenters. The number of hydrogen-bond donors (Lipinski definition) is 0. The number of hydrogen-bond acceptors (Lipinski definition) is 3. The normalized spacial score (nSPS) is 19.4. The molecular formula is C21H36BFO3Si. The van der Waals surface area contributed by atoms with E-state index in [4.69, 9.17) is 13.7 Å². The Hall–Kier alpha value is -0.848. The van der Waals surface area contributed by atoms with Gasteiger partial charge < -0.3 is 13.7 Å². The van der Waals surface area contributed by atoms with E-state index in [9.17, 15) is 4.39 Å². The van der Waals surface area contributed by atoms with Crippen LogP contribution in [0.1, 0.15) is 69.2 Å². The minimum atomic E-state index is -2.12. The first-order chi connectivity index (χ1) is 12.2. The molecule has 1 heterocycles. The third-order valence-corrected chi connectivity index (χ3v) is 12.5. The van der Waals surface area contributed by atoms with Crippen molar-refractivity contribution >= 4 is 20.9 Å². The average molecular weight is 394 g/mol. The summed E-state index contributed by atoms with van der Waals surface area (Å²) in [5, 5.41) is 0. The molecule has 0 radical (unpaired) electrons. The first-order valence-electron chi connectivity index (χ1n) is 10.1. The second kappa shape index (κ2) is 7.53. The summed E-state index contributed by atoms with van der Waals surface area (Å²) in [5.41, 5.74) is 0.740. The number of halogens is 1. The standard InChI is InChI=1S/C21H36BFO3Si/c1-14(2)27(15(3)4,16(5)6)24-17-11-12-18(19(23)13-17)22-25-20(7,8)21(9,10)26-22/h11-16H,1-10H3. The highest BCUT2D eigenvalue weighted by molar-refractivity contribution is 6.78. The smallest absolute Gasteiger partial charge is 0.497 e. The van der Waals surface area contributed by atoms with Crippen molar-refractivity contribution in [2.24, 2.45) is 0 Å². The Morgan fingerprint density at radius 2 is 1.33 bits per heavy atom. The van der Waals surface area contributed by atoms with E-state index in [0.29, 0.717) is 27.8 Å². The zero-order chi connectivity index (χ0) is 20.8. The lowest BCUT2D eigenvalue weighted by atomic mass is 9.78. The Kier molecular flexibility index (Phi) is 6.26. The quantitative estimate of drug-likeness (QED) is 0.581. The van der Waals surface area contributed by atoms with E-state index >= 15 is 0 Å². The van der Waals surface area contributed by atoms with E-state index < -0.39 is 26.6 Å². The maximum Gasteiger partial charge on any atom is 0.497 e. The van der Waals surface area contributed by atoms with E-state index in [1.54, 1.807) is 6.07 Å². The van der Waals surface area contributed by atoms with Crippen LogP contribution in [0.3, 0.4) is 0 Å². The van der Waals surface area contributed by atoms with Crippen molar-refractivity contribution in [1.29, 1.82) is 0 Å². The van der Waals surface area contributed by atoms with E-state index in [-0.39, 0.29) is 5.82 Å². The third kappa shape index (κ3) is 3.99. The fourth-order valence-corrected chi connectivity index (χ4v) is 9.53. The molecule has 1 saturated heterocycles. The van der Waals surface area contributed by atoms with Crippen LogP contribution < -0.4 is 9.89 Å². The van der Waals surface area contributed by atoms with Crippen LogP contribution in [0.15, 0.2) is 18.2 Å². The Bertz CT molecular complexity index is 636. The Labute approximate surface area is 166 Å². The Morgan fingerprint density at radius 1 is 0.889 bits per heavy atom. The van der Waals surface area contributed by atoms with Crippen LogP contribution >= 0.6 is 0 Å².